The molecule has 0 aromatic rings. The Morgan fingerprint density at radius 2 is 1.47 bits per heavy atom. The average molecular weight is 477 g/mol. The third-order valence-corrected chi connectivity index (χ3v) is 5.34. The maximum absolute atomic E-state index is 12.6. The van der Waals surface area contributed by atoms with Gasteiger partial charge in [0.1, 0.15) is 18.1 Å². The highest BCUT2D eigenvalue weighted by Gasteiger charge is 2.31. The average Bonchev–Trinajstić information content (AvgIpc) is 2.74. The maximum atomic E-state index is 12.6. The largest absolute Gasteiger partial charge is 0.480 e. The molecule has 0 saturated carbocycles. The number of hydrogen-bond donors (Lipinski definition) is 8. The molecule has 0 aliphatic heterocycles. The molecular formula is C19H36N6O6S. The van der Waals surface area contributed by atoms with E-state index in [9.17, 15) is 29.1 Å². The van der Waals surface area contributed by atoms with Gasteiger partial charge in [-0.1, -0.05) is 20.3 Å². The van der Waals surface area contributed by atoms with Crippen LogP contribution in [0.5, 0.6) is 0 Å². The molecule has 5 atom stereocenters. The third kappa shape index (κ3) is 10.8. The Kier molecular flexibility index (Phi) is 14.3. The van der Waals surface area contributed by atoms with E-state index >= 15 is 0 Å². The summed E-state index contributed by atoms with van der Waals surface area (Å²) in [4.78, 5) is 60.3. The zero-order valence-electron chi connectivity index (χ0n) is 18.5. The number of carbonyl (C=O) groups excluding carboxylic acids is 4. The van der Waals surface area contributed by atoms with E-state index in [1.165, 1.54) is 0 Å². The molecule has 0 bridgehead atoms. The van der Waals surface area contributed by atoms with Crippen LogP contribution in [-0.2, 0) is 24.0 Å². The van der Waals surface area contributed by atoms with Gasteiger partial charge in [-0.05, 0) is 31.7 Å². The van der Waals surface area contributed by atoms with Crippen LogP contribution in [0.4, 0.5) is 0 Å². The number of primary amides is 1. The minimum absolute atomic E-state index is 0.105. The van der Waals surface area contributed by atoms with Gasteiger partial charge in [-0.15, -0.1) is 0 Å². The molecule has 184 valence electrons. The number of carboxylic acids is 1. The van der Waals surface area contributed by atoms with E-state index < -0.39 is 60.2 Å². The van der Waals surface area contributed by atoms with Gasteiger partial charge in [-0.3, -0.25) is 19.2 Å². The molecule has 12 nitrogen and oxygen atoms in total. The second-order valence-electron chi connectivity index (χ2n) is 7.57. The van der Waals surface area contributed by atoms with Crippen molar-refractivity contribution in [2.75, 3.05) is 12.3 Å². The molecule has 0 heterocycles. The first kappa shape index (κ1) is 29.6. The van der Waals surface area contributed by atoms with E-state index in [-0.39, 0.29) is 18.1 Å². The zero-order valence-corrected chi connectivity index (χ0v) is 19.4. The molecule has 0 rings (SSSR count). The second-order valence-corrected chi connectivity index (χ2v) is 7.94. The normalized spacial score (nSPS) is 15.5. The summed E-state index contributed by atoms with van der Waals surface area (Å²) >= 11 is 4.05. The van der Waals surface area contributed by atoms with Crippen LogP contribution in [0.15, 0.2) is 0 Å². The minimum atomic E-state index is -1.43. The molecule has 0 aliphatic rings. The predicted octanol–water partition coefficient (Wildman–Crippen LogP) is -2.17. The molecule has 13 heteroatoms. The van der Waals surface area contributed by atoms with Crippen LogP contribution in [0.2, 0.25) is 0 Å². The van der Waals surface area contributed by atoms with Crippen molar-refractivity contribution in [1.29, 1.82) is 0 Å². The summed E-state index contributed by atoms with van der Waals surface area (Å²) in [5.41, 5.74) is 16.4. The van der Waals surface area contributed by atoms with Gasteiger partial charge < -0.3 is 38.3 Å². The van der Waals surface area contributed by atoms with Crippen molar-refractivity contribution in [1.82, 2.24) is 16.0 Å². The summed E-state index contributed by atoms with van der Waals surface area (Å²) in [5, 5.41) is 16.4. The molecule has 10 N–H and O–H groups in total. The van der Waals surface area contributed by atoms with Gasteiger partial charge in [-0.2, -0.15) is 12.6 Å². The molecular weight excluding hydrogens is 440 g/mol. The van der Waals surface area contributed by atoms with E-state index in [1.807, 2.05) is 6.92 Å². The van der Waals surface area contributed by atoms with E-state index in [0.29, 0.717) is 25.8 Å². The van der Waals surface area contributed by atoms with Crippen LogP contribution in [0.1, 0.15) is 46.0 Å². The van der Waals surface area contributed by atoms with E-state index in [0.717, 1.165) is 0 Å². The highest BCUT2D eigenvalue weighted by atomic mass is 32.1. The summed E-state index contributed by atoms with van der Waals surface area (Å²) in [6.07, 6.45) is 1.25. The number of thiol groups is 1. The summed E-state index contributed by atoms with van der Waals surface area (Å²) in [5.74, 6) is -4.62. The summed E-state index contributed by atoms with van der Waals surface area (Å²) in [7, 11) is 0. The Morgan fingerprint density at radius 1 is 0.938 bits per heavy atom. The lowest BCUT2D eigenvalue weighted by Gasteiger charge is -2.25. The van der Waals surface area contributed by atoms with E-state index in [2.05, 4.69) is 28.6 Å². The molecule has 0 saturated heterocycles. The second kappa shape index (κ2) is 15.4. The Labute approximate surface area is 193 Å². The first-order valence-corrected chi connectivity index (χ1v) is 11.1. The van der Waals surface area contributed by atoms with Crippen LogP contribution in [0, 0.1) is 5.92 Å². The van der Waals surface area contributed by atoms with Gasteiger partial charge in [0, 0.05) is 5.75 Å². The molecule has 0 aromatic carbocycles. The van der Waals surface area contributed by atoms with Crippen molar-refractivity contribution < 1.29 is 29.1 Å². The molecule has 0 fully saturated rings. The number of carbonyl (C=O) groups is 5. The van der Waals surface area contributed by atoms with Crippen molar-refractivity contribution in [2.24, 2.45) is 23.1 Å². The first-order valence-electron chi connectivity index (χ1n) is 10.5. The monoisotopic (exact) mass is 476 g/mol. The van der Waals surface area contributed by atoms with Crippen LogP contribution in [0.25, 0.3) is 0 Å². The van der Waals surface area contributed by atoms with Gasteiger partial charge in [0.25, 0.3) is 0 Å². The number of aliphatic carboxylic acids is 1. The highest BCUT2D eigenvalue weighted by Crippen LogP contribution is 2.06. The summed E-state index contributed by atoms with van der Waals surface area (Å²) in [6.45, 7) is 4.03. The van der Waals surface area contributed by atoms with Gasteiger partial charge in [0.2, 0.25) is 23.6 Å². The Balaban J connectivity index is 5.27. The van der Waals surface area contributed by atoms with E-state index in [1.54, 1.807) is 6.92 Å². The minimum Gasteiger partial charge on any atom is -0.480 e. The molecule has 0 aromatic heterocycles. The fourth-order valence-corrected chi connectivity index (χ4v) is 2.94. The topological polar surface area (TPSA) is 220 Å². The lowest BCUT2D eigenvalue weighted by molar-refractivity contribution is -0.142. The summed E-state index contributed by atoms with van der Waals surface area (Å²) in [6, 6.07) is -4.64. The van der Waals surface area contributed by atoms with Crippen LogP contribution in [0.3, 0.4) is 0 Å². The first-order chi connectivity index (χ1) is 15.0. The van der Waals surface area contributed by atoms with Crippen molar-refractivity contribution in [3.05, 3.63) is 0 Å². The quantitative estimate of drug-likeness (QED) is 0.0902. The van der Waals surface area contributed by atoms with Crippen molar-refractivity contribution in [3.63, 3.8) is 0 Å². The maximum Gasteiger partial charge on any atom is 0.326 e. The molecule has 4 amide bonds. The number of rotatable bonds is 16. The third-order valence-electron chi connectivity index (χ3n) is 4.98. The Hall–Kier alpha value is -2.38. The fraction of sp³-hybridized carbons (Fsp3) is 0.737. The Bertz CT molecular complexity index is 664. The van der Waals surface area contributed by atoms with Gasteiger partial charge >= 0.3 is 5.97 Å². The number of amides is 4. The molecule has 0 spiro atoms. The smallest absolute Gasteiger partial charge is 0.326 e. The lowest BCUT2D eigenvalue weighted by atomic mass is 9.99. The fourth-order valence-electron chi connectivity index (χ4n) is 2.68. The number of nitrogens with two attached hydrogens (primary N) is 3. The SMILES string of the molecule is CCC(C)C(N)C(=O)NC(CS)C(=O)NC(CC(N)=O)C(=O)NC(CCCCN)C(=O)O. The number of hydrogen-bond acceptors (Lipinski definition) is 8. The molecule has 32 heavy (non-hydrogen) atoms. The predicted molar refractivity (Wildman–Crippen MR) is 121 cm³/mol. The molecule has 5 unspecified atom stereocenters. The molecule has 0 radical (unpaired) electrons. The van der Waals surface area contributed by atoms with Crippen LogP contribution < -0.4 is 33.2 Å². The van der Waals surface area contributed by atoms with Gasteiger partial charge in [0.05, 0.1) is 12.5 Å². The van der Waals surface area contributed by atoms with Crippen molar-refractivity contribution in [2.45, 2.75) is 70.1 Å². The van der Waals surface area contributed by atoms with Crippen molar-refractivity contribution >= 4 is 42.2 Å². The van der Waals surface area contributed by atoms with E-state index in [4.69, 9.17) is 17.2 Å². The Morgan fingerprint density at radius 3 is 1.94 bits per heavy atom. The van der Waals surface area contributed by atoms with Gasteiger partial charge in [-0.25, -0.2) is 4.79 Å². The van der Waals surface area contributed by atoms with Crippen LogP contribution in [-0.4, -0.2) is 71.2 Å². The van der Waals surface area contributed by atoms with Gasteiger partial charge in [0.15, 0.2) is 0 Å². The lowest BCUT2D eigenvalue weighted by Crippen LogP contribution is -2.58. The number of carboxylic acid groups (broad SMARTS) is 1. The van der Waals surface area contributed by atoms with Crippen LogP contribution >= 0.6 is 12.6 Å². The number of unbranched alkanes of at least 4 members (excludes halogenated alkanes) is 1. The highest BCUT2D eigenvalue weighted by molar-refractivity contribution is 7.80. The number of nitrogens with one attached hydrogen (secondary N) is 3. The van der Waals surface area contributed by atoms with Crippen molar-refractivity contribution in [3.8, 4) is 0 Å². The standard InChI is InChI=1S/C19H36N6O6S/c1-3-10(2)15(22)18(29)25-13(9-32)17(28)24-12(8-14(21)26)16(27)23-11(19(30)31)6-4-5-7-20/h10-13,15,32H,3-9,20,22H2,1-2H3,(H2,21,26)(H,23,27)(H,24,28)(H,25,29)(H,30,31). The summed E-state index contributed by atoms with van der Waals surface area (Å²) < 4.78 is 0. The molecule has 0 aliphatic carbocycles. The zero-order chi connectivity index (χ0) is 24.8.